The van der Waals surface area contributed by atoms with Crippen LogP contribution in [0.15, 0.2) is 89.5 Å². The first kappa shape index (κ1) is 22.6. The van der Waals surface area contributed by atoms with E-state index in [0.717, 1.165) is 17.1 Å². The third-order valence-electron chi connectivity index (χ3n) is 6.05. The maximum Gasteiger partial charge on any atom is 0.335 e. The highest BCUT2D eigenvalue weighted by molar-refractivity contribution is 7.80. The van der Waals surface area contributed by atoms with Crippen LogP contribution in [-0.4, -0.2) is 35.3 Å². The number of anilines is 2. The first-order valence-corrected chi connectivity index (χ1v) is 11.5. The Morgan fingerprint density at radius 1 is 1.06 bits per heavy atom. The Kier molecular flexibility index (Phi) is 5.96. The fraction of sp³-hybridized carbons (Fsp3) is 0.148. The van der Waals surface area contributed by atoms with Crippen LogP contribution < -0.4 is 15.1 Å². The molecule has 0 bridgehead atoms. The van der Waals surface area contributed by atoms with Crippen LogP contribution >= 0.6 is 12.2 Å². The van der Waals surface area contributed by atoms with Gasteiger partial charge in [-0.05, 0) is 72.9 Å². The van der Waals surface area contributed by atoms with E-state index in [9.17, 15) is 9.90 Å². The zero-order valence-corrected chi connectivity index (χ0v) is 20.1. The molecule has 4 aromatic rings. The summed E-state index contributed by atoms with van der Waals surface area (Å²) in [6.07, 6.45) is 1.76. The molecule has 5 rings (SSSR count). The quantitative estimate of drug-likeness (QED) is 0.358. The molecule has 2 aromatic carbocycles. The van der Waals surface area contributed by atoms with Gasteiger partial charge in [-0.1, -0.05) is 18.2 Å². The van der Waals surface area contributed by atoms with Crippen molar-refractivity contribution in [2.75, 3.05) is 23.9 Å². The predicted molar refractivity (Wildman–Crippen MR) is 140 cm³/mol. The van der Waals surface area contributed by atoms with Gasteiger partial charge in [-0.25, -0.2) is 4.79 Å². The van der Waals surface area contributed by atoms with Crippen LogP contribution in [0.2, 0.25) is 0 Å². The standard InChI is InChI=1S/C27H24N4O3S/c1-30(2)19-9-11-20(12-10-19)31-25(24(29-27(31)35)21-8-3-4-15-28-21)23-14-13-22(34-23)17-6-5-7-18(16-17)26(32)33/h3-16,24-25H,1-2H3,(H,29,35)(H,32,33)/t24-,25+/m0/s1. The zero-order chi connectivity index (χ0) is 24.5. The Hall–Kier alpha value is -4.17. The molecule has 0 saturated carbocycles. The van der Waals surface area contributed by atoms with E-state index in [0.29, 0.717) is 22.2 Å². The topological polar surface area (TPSA) is 81.8 Å². The molecular formula is C27H24N4O3S. The summed E-state index contributed by atoms with van der Waals surface area (Å²) in [5.74, 6) is 0.301. The second-order valence-corrected chi connectivity index (χ2v) is 8.88. The Balaban J connectivity index is 1.57. The normalized spacial score (nSPS) is 17.3. The van der Waals surface area contributed by atoms with Crippen LogP contribution in [0.25, 0.3) is 11.3 Å². The molecule has 3 heterocycles. The maximum atomic E-state index is 11.4. The highest BCUT2D eigenvalue weighted by Crippen LogP contribution is 2.43. The number of rotatable bonds is 6. The summed E-state index contributed by atoms with van der Waals surface area (Å²) in [5, 5.41) is 13.4. The fourth-order valence-corrected chi connectivity index (χ4v) is 4.65. The van der Waals surface area contributed by atoms with Gasteiger partial charge >= 0.3 is 5.97 Å². The molecule has 176 valence electrons. The molecule has 0 radical (unpaired) electrons. The van der Waals surface area contributed by atoms with E-state index in [2.05, 4.69) is 10.3 Å². The molecule has 8 heteroatoms. The van der Waals surface area contributed by atoms with E-state index in [1.54, 1.807) is 24.4 Å². The summed E-state index contributed by atoms with van der Waals surface area (Å²) >= 11 is 5.78. The second-order valence-electron chi connectivity index (χ2n) is 8.50. The fourth-order valence-electron chi connectivity index (χ4n) is 4.31. The van der Waals surface area contributed by atoms with Crippen LogP contribution in [0, 0.1) is 0 Å². The highest BCUT2D eigenvalue weighted by Gasteiger charge is 2.42. The van der Waals surface area contributed by atoms with Gasteiger partial charge in [-0.3, -0.25) is 4.98 Å². The van der Waals surface area contributed by atoms with Gasteiger partial charge in [-0.15, -0.1) is 0 Å². The summed E-state index contributed by atoms with van der Waals surface area (Å²) in [4.78, 5) is 20.1. The number of nitrogens with one attached hydrogen (secondary N) is 1. The highest BCUT2D eigenvalue weighted by atomic mass is 32.1. The predicted octanol–water partition coefficient (Wildman–Crippen LogP) is 5.28. The summed E-state index contributed by atoms with van der Waals surface area (Å²) in [7, 11) is 4.00. The van der Waals surface area contributed by atoms with E-state index in [1.165, 1.54) is 0 Å². The number of aromatic carboxylic acids is 1. The van der Waals surface area contributed by atoms with E-state index in [4.69, 9.17) is 16.6 Å². The van der Waals surface area contributed by atoms with Crippen LogP contribution in [0.1, 0.15) is 33.9 Å². The molecule has 0 aliphatic carbocycles. The van der Waals surface area contributed by atoms with Crippen LogP contribution in [0.5, 0.6) is 0 Å². The molecule has 1 fully saturated rings. The average molecular weight is 485 g/mol. The number of aromatic nitrogens is 1. The first-order valence-electron chi connectivity index (χ1n) is 11.1. The molecule has 2 aromatic heterocycles. The summed E-state index contributed by atoms with van der Waals surface area (Å²) in [5.41, 5.74) is 3.77. The number of hydrogen-bond donors (Lipinski definition) is 2. The van der Waals surface area contributed by atoms with Gasteiger partial charge in [0.05, 0.1) is 17.3 Å². The Morgan fingerprint density at radius 3 is 2.54 bits per heavy atom. The molecule has 0 unspecified atom stereocenters. The number of carboxylic acids is 1. The maximum absolute atomic E-state index is 11.4. The van der Waals surface area contributed by atoms with E-state index >= 15 is 0 Å². The van der Waals surface area contributed by atoms with Crippen molar-refractivity contribution in [1.29, 1.82) is 0 Å². The van der Waals surface area contributed by atoms with Crippen molar-refractivity contribution in [2.45, 2.75) is 12.1 Å². The molecule has 0 amide bonds. The lowest BCUT2D eigenvalue weighted by Crippen LogP contribution is -2.29. The lowest BCUT2D eigenvalue weighted by atomic mass is 10.0. The van der Waals surface area contributed by atoms with E-state index in [1.807, 2.05) is 84.6 Å². The average Bonchev–Trinajstić information content (AvgIpc) is 3.49. The first-order chi connectivity index (χ1) is 16.9. The van der Waals surface area contributed by atoms with Crippen LogP contribution in [0.3, 0.4) is 0 Å². The monoisotopic (exact) mass is 484 g/mol. The number of nitrogens with zero attached hydrogens (tertiary/aromatic N) is 3. The van der Waals surface area contributed by atoms with Gasteiger partial charge in [0.25, 0.3) is 0 Å². The van der Waals surface area contributed by atoms with Crippen molar-refractivity contribution in [1.82, 2.24) is 10.3 Å². The van der Waals surface area contributed by atoms with Crippen LogP contribution in [0.4, 0.5) is 11.4 Å². The molecule has 7 nitrogen and oxygen atoms in total. The molecule has 35 heavy (non-hydrogen) atoms. The van der Waals surface area contributed by atoms with Gasteiger partial charge in [0.15, 0.2) is 5.11 Å². The number of hydrogen-bond acceptors (Lipinski definition) is 5. The third kappa shape index (κ3) is 4.36. The lowest BCUT2D eigenvalue weighted by Gasteiger charge is -2.26. The van der Waals surface area contributed by atoms with E-state index in [-0.39, 0.29) is 17.6 Å². The minimum absolute atomic E-state index is 0.207. The van der Waals surface area contributed by atoms with Crippen molar-refractivity contribution >= 4 is 34.7 Å². The van der Waals surface area contributed by atoms with Crippen molar-refractivity contribution in [3.05, 3.63) is 102 Å². The Morgan fingerprint density at radius 2 is 1.86 bits per heavy atom. The SMILES string of the molecule is CN(C)c1ccc(N2C(=S)N[C@@H](c3ccccn3)[C@H]2c2ccc(-c3cccc(C(=O)O)c3)o2)cc1. The summed E-state index contributed by atoms with van der Waals surface area (Å²) in [6.45, 7) is 0. The van der Waals surface area contributed by atoms with Crippen molar-refractivity contribution in [3.8, 4) is 11.3 Å². The number of carboxylic acid groups (broad SMARTS) is 1. The molecule has 1 aliphatic heterocycles. The smallest absolute Gasteiger partial charge is 0.335 e. The molecular weight excluding hydrogens is 460 g/mol. The lowest BCUT2D eigenvalue weighted by molar-refractivity contribution is 0.0697. The zero-order valence-electron chi connectivity index (χ0n) is 19.3. The number of furan rings is 1. The minimum atomic E-state index is -0.980. The second kappa shape index (κ2) is 9.23. The van der Waals surface area contributed by atoms with Crippen molar-refractivity contribution in [3.63, 3.8) is 0 Å². The summed E-state index contributed by atoms with van der Waals surface area (Å²) < 4.78 is 6.33. The minimum Gasteiger partial charge on any atom is -0.478 e. The third-order valence-corrected chi connectivity index (χ3v) is 6.37. The van der Waals surface area contributed by atoms with Crippen molar-refractivity contribution in [2.24, 2.45) is 0 Å². The molecule has 2 N–H and O–H groups in total. The number of carbonyl (C=O) groups is 1. The molecule has 1 aliphatic rings. The molecule has 1 saturated heterocycles. The number of pyridine rings is 1. The van der Waals surface area contributed by atoms with Gasteiger partial charge in [0.1, 0.15) is 17.6 Å². The number of thiocarbonyl (C=S) groups is 1. The number of benzene rings is 2. The van der Waals surface area contributed by atoms with Gasteiger partial charge < -0.3 is 24.6 Å². The Labute approximate surface area is 208 Å². The van der Waals surface area contributed by atoms with E-state index < -0.39 is 5.97 Å². The Bertz CT molecular complexity index is 1370. The molecule has 0 spiro atoms. The molecule has 2 atom stereocenters. The largest absolute Gasteiger partial charge is 0.478 e. The van der Waals surface area contributed by atoms with Crippen molar-refractivity contribution < 1.29 is 14.3 Å². The van der Waals surface area contributed by atoms with Gasteiger partial charge in [0, 0.05) is 37.2 Å². The van der Waals surface area contributed by atoms with Gasteiger partial charge in [0.2, 0.25) is 0 Å². The van der Waals surface area contributed by atoms with Gasteiger partial charge in [-0.2, -0.15) is 0 Å². The van der Waals surface area contributed by atoms with Crippen LogP contribution in [-0.2, 0) is 0 Å². The summed E-state index contributed by atoms with van der Waals surface area (Å²) in [6, 6.07) is 23.9.